The highest BCUT2D eigenvalue weighted by atomic mass is 16.7. The number of carbonyl (C=O) groups excluding carboxylic acids is 1. The number of carbonyl (C=O) groups is 1. The lowest BCUT2D eigenvalue weighted by Gasteiger charge is -2.32. The van der Waals surface area contributed by atoms with E-state index in [4.69, 9.17) is 29.9 Å². The second-order valence-electron chi connectivity index (χ2n) is 7.39. The Morgan fingerprint density at radius 1 is 1.31 bits per heavy atom. The normalized spacial score (nSPS) is 20.2. The molecule has 26 heavy (non-hydrogen) atoms. The van der Waals surface area contributed by atoms with Crippen molar-refractivity contribution in [3.05, 3.63) is 18.2 Å². The van der Waals surface area contributed by atoms with Gasteiger partial charge in [-0.1, -0.05) is 6.07 Å². The molecule has 8 nitrogen and oxygen atoms in total. The number of nitrogens with one attached hydrogen (secondary N) is 2. The second kappa shape index (κ2) is 6.90. The van der Waals surface area contributed by atoms with Crippen molar-refractivity contribution in [3.63, 3.8) is 0 Å². The Bertz CT molecular complexity index is 690. The molecule has 0 bridgehead atoms. The lowest BCUT2D eigenvalue weighted by Crippen LogP contribution is -2.43. The van der Waals surface area contributed by atoms with Crippen LogP contribution in [-0.2, 0) is 14.0 Å². The van der Waals surface area contributed by atoms with Crippen LogP contribution in [0, 0.1) is 5.41 Å². The van der Waals surface area contributed by atoms with Gasteiger partial charge in [0.2, 0.25) is 0 Å². The number of rotatable bonds is 5. The molecule has 1 heterocycles. The summed E-state index contributed by atoms with van der Waals surface area (Å²) in [5, 5.41) is 9.69. The summed E-state index contributed by atoms with van der Waals surface area (Å²) in [5.74, 6) is 0.419. The average molecular weight is 363 g/mol. The fourth-order valence-electron chi connectivity index (χ4n) is 2.30. The van der Waals surface area contributed by atoms with Gasteiger partial charge in [-0.3, -0.25) is 11.1 Å². The van der Waals surface area contributed by atoms with Gasteiger partial charge in [0, 0.05) is 0 Å². The van der Waals surface area contributed by atoms with Gasteiger partial charge in [-0.15, -0.1) is 0 Å². The van der Waals surface area contributed by atoms with Gasteiger partial charge in [0.1, 0.15) is 5.75 Å². The molecule has 1 aromatic rings. The molecule has 1 aromatic carbocycles. The van der Waals surface area contributed by atoms with Gasteiger partial charge in [-0.2, -0.15) is 0 Å². The maximum atomic E-state index is 11.9. The van der Waals surface area contributed by atoms with Gasteiger partial charge in [0.25, 0.3) is 0 Å². The third-order valence-corrected chi connectivity index (χ3v) is 4.59. The minimum absolute atomic E-state index is 0.401. The van der Waals surface area contributed by atoms with Crippen molar-refractivity contribution in [1.82, 2.24) is 0 Å². The van der Waals surface area contributed by atoms with Crippen LogP contribution in [0.4, 0.5) is 10.5 Å². The minimum atomic E-state index is -1.49. The van der Waals surface area contributed by atoms with Crippen LogP contribution in [0.1, 0.15) is 34.6 Å². The first-order valence-electron chi connectivity index (χ1n) is 8.25. The molecule has 1 unspecified atom stereocenters. The van der Waals surface area contributed by atoms with E-state index in [1.807, 2.05) is 27.7 Å². The van der Waals surface area contributed by atoms with E-state index in [0.717, 1.165) is 11.7 Å². The van der Waals surface area contributed by atoms with Crippen LogP contribution in [0.5, 0.6) is 5.75 Å². The van der Waals surface area contributed by atoms with E-state index in [1.54, 1.807) is 18.2 Å². The van der Waals surface area contributed by atoms with Gasteiger partial charge in [0.05, 0.1) is 30.2 Å². The zero-order chi connectivity index (χ0) is 19.8. The summed E-state index contributed by atoms with van der Waals surface area (Å²) in [6.07, 6.45) is 0.0470. The lowest BCUT2D eigenvalue weighted by molar-refractivity contribution is 0.00578. The molecule has 1 saturated heterocycles. The fraction of sp³-hybridized carbons (Fsp3) is 0.529. The molecule has 0 aliphatic carbocycles. The molecule has 0 spiro atoms. The Kier molecular flexibility index (Phi) is 5.37. The molecule has 1 amide bonds. The zero-order valence-electron chi connectivity index (χ0n) is 16.0. The van der Waals surface area contributed by atoms with Crippen molar-refractivity contribution < 1.29 is 23.6 Å². The van der Waals surface area contributed by atoms with Crippen molar-refractivity contribution >= 4 is 30.6 Å². The SMILES string of the molecule is COc1cc(B2OC(C)(C)C(C)(C)O2)ccc1NC(=O)OC(C)(N)C=N. The van der Waals surface area contributed by atoms with Gasteiger partial charge in [-0.25, -0.2) is 4.79 Å². The van der Waals surface area contributed by atoms with Gasteiger partial charge < -0.3 is 24.2 Å². The standard InChI is InChI=1S/C17H26BN3O5/c1-15(2)16(3,4)26-18(25-15)11-7-8-12(13(9-11)23-6)21-14(22)24-17(5,20)10-19/h7-10,19H,20H2,1-6H3,(H,21,22). The van der Waals surface area contributed by atoms with Crippen LogP contribution in [0.3, 0.4) is 0 Å². The van der Waals surface area contributed by atoms with Crippen molar-refractivity contribution in [2.75, 3.05) is 12.4 Å². The largest absolute Gasteiger partial charge is 0.495 e. The molecule has 1 aliphatic heterocycles. The highest BCUT2D eigenvalue weighted by Crippen LogP contribution is 2.37. The second-order valence-corrected chi connectivity index (χ2v) is 7.39. The third kappa shape index (κ3) is 4.17. The predicted molar refractivity (Wildman–Crippen MR) is 100 cm³/mol. The monoisotopic (exact) mass is 363 g/mol. The first-order valence-corrected chi connectivity index (χ1v) is 8.25. The average Bonchev–Trinajstić information content (AvgIpc) is 2.75. The lowest BCUT2D eigenvalue weighted by atomic mass is 9.79. The summed E-state index contributed by atoms with van der Waals surface area (Å²) >= 11 is 0. The third-order valence-electron chi connectivity index (χ3n) is 4.59. The quantitative estimate of drug-likeness (QED) is 0.418. The number of amides is 1. The van der Waals surface area contributed by atoms with Crippen molar-refractivity contribution in [2.45, 2.75) is 51.5 Å². The van der Waals surface area contributed by atoms with E-state index in [-0.39, 0.29) is 0 Å². The first-order chi connectivity index (χ1) is 11.9. The number of benzene rings is 1. The molecule has 142 valence electrons. The summed E-state index contributed by atoms with van der Waals surface area (Å²) in [5.41, 5.74) is 4.38. The van der Waals surface area contributed by atoms with Crippen LogP contribution >= 0.6 is 0 Å². The Hall–Kier alpha value is -2.10. The fourth-order valence-corrected chi connectivity index (χ4v) is 2.30. The molecule has 0 radical (unpaired) electrons. The molecule has 1 fully saturated rings. The Morgan fingerprint density at radius 2 is 1.88 bits per heavy atom. The summed E-state index contributed by atoms with van der Waals surface area (Å²) < 4.78 is 22.3. The smallest absolute Gasteiger partial charge is 0.494 e. The number of nitrogens with two attached hydrogens (primary N) is 1. The minimum Gasteiger partial charge on any atom is -0.495 e. The predicted octanol–water partition coefficient (Wildman–Crippen LogP) is 1.87. The van der Waals surface area contributed by atoms with Gasteiger partial charge >= 0.3 is 13.2 Å². The summed E-state index contributed by atoms with van der Waals surface area (Å²) in [7, 11) is 0.949. The molecule has 1 atom stereocenters. The molecule has 2 rings (SSSR count). The summed E-state index contributed by atoms with van der Waals surface area (Å²) in [6, 6.07) is 5.17. The summed E-state index contributed by atoms with van der Waals surface area (Å²) in [4.78, 5) is 11.9. The molecule has 9 heteroatoms. The Labute approximate surface area is 154 Å². The number of ether oxygens (including phenoxy) is 2. The van der Waals surface area contributed by atoms with E-state index in [2.05, 4.69) is 5.32 Å². The molecule has 0 aromatic heterocycles. The molecule has 1 aliphatic rings. The highest BCUT2D eigenvalue weighted by Gasteiger charge is 2.51. The number of hydrogen-bond acceptors (Lipinski definition) is 7. The number of methoxy groups -OCH3 is 1. The van der Waals surface area contributed by atoms with Crippen molar-refractivity contribution in [2.24, 2.45) is 5.73 Å². The van der Waals surface area contributed by atoms with E-state index >= 15 is 0 Å². The van der Waals surface area contributed by atoms with Crippen molar-refractivity contribution in [3.8, 4) is 5.75 Å². The van der Waals surface area contributed by atoms with E-state index in [9.17, 15) is 4.79 Å². The van der Waals surface area contributed by atoms with Crippen LogP contribution in [0.25, 0.3) is 0 Å². The van der Waals surface area contributed by atoms with E-state index in [1.165, 1.54) is 14.0 Å². The maximum Gasteiger partial charge on any atom is 0.494 e. The maximum absolute atomic E-state index is 11.9. The topological polar surface area (TPSA) is 116 Å². The van der Waals surface area contributed by atoms with Crippen LogP contribution < -0.4 is 21.3 Å². The molecule has 4 N–H and O–H groups in total. The van der Waals surface area contributed by atoms with E-state index < -0.39 is 30.1 Å². The van der Waals surface area contributed by atoms with Crippen LogP contribution in [0.2, 0.25) is 0 Å². The number of hydrogen-bond donors (Lipinski definition) is 3. The highest BCUT2D eigenvalue weighted by molar-refractivity contribution is 6.62. The first kappa shape index (κ1) is 20.2. The molecular weight excluding hydrogens is 337 g/mol. The Morgan fingerprint density at radius 3 is 2.38 bits per heavy atom. The Balaban J connectivity index is 2.18. The van der Waals surface area contributed by atoms with Crippen molar-refractivity contribution in [1.29, 1.82) is 5.41 Å². The van der Waals surface area contributed by atoms with Crippen LogP contribution in [-0.4, -0.2) is 43.5 Å². The summed E-state index contributed by atoms with van der Waals surface area (Å²) in [6.45, 7) is 9.30. The van der Waals surface area contributed by atoms with Crippen LogP contribution in [0.15, 0.2) is 18.2 Å². The van der Waals surface area contributed by atoms with E-state index in [0.29, 0.717) is 11.4 Å². The zero-order valence-corrected chi connectivity index (χ0v) is 16.0. The van der Waals surface area contributed by atoms with Gasteiger partial charge in [0.15, 0.2) is 5.72 Å². The van der Waals surface area contributed by atoms with Gasteiger partial charge in [-0.05, 0) is 52.2 Å². The number of anilines is 1. The molecular formula is C17H26BN3O5. The molecule has 0 saturated carbocycles.